The van der Waals surface area contributed by atoms with Crippen molar-refractivity contribution in [3.05, 3.63) is 34.3 Å². The molecule has 0 radical (unpaired) electrons. The van der Waals surface area contributed by atoms with Crippen LogP contribution < -0.4 is 0 Å². The van der Waals surface area contributed by atoms with Gasteiger partial charge in [0.15, 0.2) is 9.84 Å². The average molecular weight is 314 g/mol. The number of nitriles is 1. The number of sulfone groups is 1. The van der Waals surface area contributed by atoms with Crippen LogP contribution in [0.1, 0.15) is 17.9 Å². The Kier molecular flexibility index (Phi) is 3.55. The van der Waals surface area contributed by atoms with Crippen molar-refractivity contribution in [1.82, 2.24) is 0 Å². The van der Waals surface area contributed by atoms with Gasteiger partial charge in [-0.1, -0.05) is 28.1 Å². The van der Waals surface area contributed by atoms with Gasteiger partial charge in [0.25, 0.3) is 0 Å². The van der Waals surface area contributed by atoms with Crippen molar-refractivity contribution >= 4 is 25.8 Å². The molecule has 0 amide bonds. The molecule has 2 atom stereocenters. The van der Waals surface area contributed by atoms with E-state index in [4.69, 9.17) is 0 Å². The highest BCUT2D eigenvalue weighted by Crippen LogP contribution is 2.33. The first kappa shape index (κ1) is 12.6. The summed E-state index contributed by atoms with van der Waals surface area (Å²) in [5.74, 6) is -0.0280. The molecule has 0 saturated carbocycles. The van der Waals surface area contributed by atoms with Gasteiger partial charge in [-0.05, 0) is 30.0 Å². The third-order valence-electron chi connectivity index (χ3n) is 3.11. The predicted octanol–water partition coefficient (Wildman–Crippen LogP) is 2.49. The van der Waals surface area contributed by atoms with Crippen LogP contribution in [-0.4, -0.2) is 19.9 Å². The summed E-state index contributed by atoms with van der Waals surface area (Å²) in [6.07, 6.45) is 0.594. The van der Waals surface area contributed by atoms with Gasteiger partial charge in [0.1, 0.15) is 0 Å². The number of rotatable bonds is 2. The lowest BCUT2D eigenvalue weighted by atomic mass is 9.87. The van der Waals surface area contributed by atoms with Crippen molar-refractivity contribution in [2.24, 2.45) is 5.92 Å². The molecule has 1 aromatic carbocycles. The van der Waals surface area contributed by atoms with Gasteiger partial charge in [0, 0.05) is 4.47 Å². The Balaban J connectivity index is 2.24. The van der Waals surface area contributed by atoms with Crippen LogP contribution in [0.5, 0.6) is 0 Å². The van der Waals surface area contributed by atoms with Gasteiger partial charge < -0.3 is 0 Å². The zero-order chi connectivity index (χ0) is 12.5. The number of hydrogen-bond donors (Lipinski definition) is 0. The van der Waals surface area contributed by atoms with E-state index in [1.807, 2.05) is 24.3 Å². The van der Waals surface area contributed by atoms with E-state index in [-0.39, 0.29) is 23.3 Å². The minimum atomic E-state index is -2.93. The summed E-state index contributed by atoms with van der Waals surface area (Å²) in [6.45, 7) is 0. The van der Waals surface area contributed by atoms with Gasteiger partial charge in [-0.25, -0.2) is 8.42 Å². The van der Waals surface area contributed by atoms with Crippen molar-refractivity contribution < 1.29 is 8.42 Å². The quantitative estimate of drug-likeness (QED) is 0.843. The second kappa shape index (κ2) is 4.79. The third kappa shape index (κ3) is 2.88. The topological polar surface area (TPSA) is 57.9 Å². The molecule has 1 fully saturated rings. The fraction of sp³-hybridized carbons (Fsp3) is 0.417. The smallest absolute Gasteiger partial charge is 0.150 e. The SMILES string of the molecule is N#CC(c1ccc(Br)cc1)C1CCS(=O)(=O)C1. The maximum absolute atomic E-state index is 11.4. The van der Waals surface area contributed by atoms with Crippen molar-refractivity contribution in [1.29, 1.82) is 5.26 Å². The van der Waals surface area contributed by atoms with E-state index in [1.54, 1.807) is 0 Å². The minimum Gasteiger partial charge on any atom is -0.229 e. The Morgan fingerprint density at radius 1 is 1.35 bits per heavy atom. The first-order valence-corrected chi connectivity index (χ1v) is 7.99. The van der Waals surface area contributed by atoms with E-state index < -0.39 is 9.84 Å². The molecule has 1 aromatic rings. The molecule has 1 aliphatic heterocycles. The molecule has 0 bridgehead atoms. The number of halogens is 1. The van der Waals surface area contributed by atoms with E-state index in [9.17, 15) is 13.7 Å². The van der Waals surface area contributed by atoms with Crippen LogP contribution in [0.25, 0.3) is 0 Å². The highest BCUT2D eigenvalue weighted by atomic mass is 79.9. The Bertz CT molecular complexity index is 545. The van der Waals surface area contributed by atoms with Crippen LogP contribution in [0.2, 0.25) is 0 Å². The molecule has 1 saturated heterocycles. The lowest BCUT2D eigenvalue weighted by molar-refractivity contribution is 0.541. The summed E-state index contributed by atoms with van der Waals surface area (Å²) in [5, 5.41) is 9.22. The monoisotopic (exact) mass is 313 g/mol. The van der Waals surface area contributed by atoms with Crippen LogP contribution in [0.4, 0.5) is 0 Å². The van der Waals surface area contributed by atoms with E-state index in [2.05, 4.69) is 22.0 Å². The Morgan fingerprint density at radius 2 is 2.00 bits per heavy atom. The van der Waals surface area contributed by atoms with Gasteiger partial charge in [-0.2, -0.15) is 5.26 Å². The second-order valence-electron chi connectivity index (χ2n) is 4.32. The third-order valence-corrected chi connectivity index (χ3v) is 5.43. The maximum atomic E-state index is 11.4. The second-order valence-corrected chi connectivity index (χ2v) is 7.47. The summed E-state index contributed by atoms with van der Waals surface area (Å²) >= 11 is 3.34. The van der Waals surface area contributed by atoms with Crippen LogP contribution >= 0.6 is 15.9 Å². The molecule has 0 N–H and O–H groups in total. The number of benzene rings is 1. The molecule has 1 heterocycles. The Labute approximate surface area is 110 Å². The first-order valence-electron chi connectivity index (χ1n) is 5.37. The first-order chi connectivity index (χ1) is 8.02. The minimum absolute atomic E-state index is 0.0637. The lowest BCUT2D eigenvalue weighted by Gasteiger charge is -2.15. The van der Waals surface area contributed by atoms with Crippen molar-refractivity contribution in [3.63, 3.8) is 0 Å². The summed E-state index contributed by atoms with van der Waals surface area (Å²) in [5.41, 5.74) is 0.901. The molecule has 0 aliphatic carbocycles. The zero-order valence-electron chi connectivity index (χ0n) is 9.14. The van der Waals surface area contributed by atoms with E-state index >= 15 is 0 Å². The molecular weight excluding hydrogens is 302 g/mol. The highest BCUT2D eigenvalue weighted by molar-refractivity contribution is 9.10. The summed E-state index contributed by atoms with van der Waals surface area (Å²) in [7, 11) is -2.93. The zero-order valence-corrected chi connectivity index (χ0v) is 11.5. The van der Waals surface area contributed by atoms with Crippen LogP contribution in [0.15, 0.2) is 28.7 Å². The molecule has 0 spiro atoms. The normalized spacial score (nSPS) is 24.1. The summed E-state index contributed by atoms with van der Waals surface area (Å²) < 4.78 is 23.8. The molecule has 3 nitrogen and oxygen atoms in total. The Hall–Kier alpha value is -0.860. The summed E-state index contributed by atoms with van der Waals surface area (Å²) in [4.78, 5) is 0. The number of nitrogens with zero attached hydrogens (tertiary/aromatic N) is 1. The number of hydrogen-bond acceptors (Lipinski definition) is 3. The maximum Gasteiger partial charge on any atom is 0.150 e. The van der Waals surface area contributed by atoms with Crippen molar-refractivity contribution in [3.8, 4) is 6.07 Å². The largest absolute Gasteiger partial charge is 0.229 e. The molecule has 0 aromatic heterocycles. The molecule has 17 heavy (non-hydrogen) atoms. The van der Waals surface area contributed by atoms with Gasteiger partial charge in [-0.15, -0.1) is 0 Å². The Morgan fingerprint density at radius 3 is 2.47 bits per heavy atom. The van der Waals surface area contributed by atoms with Gasteiger partial charge in [0.2, 0.25) is 0 Å². The molecule has 2 unspecified atom stereocenters. The van der Waals surface area contributed by atoms with Gasteiger partial charge >= 0.3 is 0 Å². The highest BCUT2D eigenvalue weighted by Gasteiger charge is 2.34. The predicted molar refractivity (Wildman–Crippen MR) is 69.3 cm³/mol. The molecule has 1 aliphatic rings. The fourth-order valence-corrected chi connectivity index (χ4v) is 4.31. The van der Waals surface area contributed by atoms with Crippen LogP contribution in [0.3, 0.4) is 0 Å². The van der Waals surface area contributed by atoms with Crippen LogP contribution in [0, 0.1) is 17.2 Å². The van der Waals surface area contributed by atoms with Crippen molar-refractivity contribution in [2.45, 2.75) is 12.3 Å². The summed E-state index contributed by atoms with van der Waals surface area (Å²) in [6, 6.07) is 9.75. The fourth-order valence-electron chi connectivity index (χ4n) is 2.21. The molecule has 2 rings (SSSR count). The van der Waals surface area contributed by atoms with Gasteiger partial charge in [-0.3, -0.25) is 0 Å². The van der Waals surface area contributed by atoms with Crippen molar-refractivity contribution in [2.75, 3.05) is 11.5 Å². The van der Waals surface area contributed by atoms with E-state index in [0.29, 0.717) is 6.42 Å². The van der Waals surface area contributed by atoms with E-state index in [0.717, 1.165) is 10.0 Å². The van der Waals surface area contributed by atoms with Gasteiger partial charge in [0.05, 0.1) is 23.5 Å². The standard InChI is InChI=1S/C12H12BrNO2S/c13-11-3-1-9(2-4-11)12(7-14)10-5-6-17(15,16)8-10/h1-4,10,12H,5-6,8H2. The average Bonchev–Trinajstić information content (AvgIpc) is 2.63. The molecule has 90 valence electrons. The molecular formula is C12H12BrNO2S. The van der Waals surface area contributed by atoms with E-state index in [1.165, 1.54) is 0 Å². The van der Waals surface area contributed by atoms with Crippen LogP contribution in [-0.2, 0) is 9.84 Å². The lowest BCUT2D eigenvalue weighted by Crippen LogP contribution is -2.13. The molecule has 5 heteroatoms.